The van der Waals surface area contributed by atoms with Crippen LogP contribution in [0, 0.1) is 0 Å². The summed E-state index contributed by atoms with van der Waals surface area (Å²) in [6.45, 7) is 0.643. The molecule has 2 heterocycles. The summed E-state index contributed by atoms with van der Waals surface area (Å²) < 4.78 is 0. The second-order valence-electron chi connectivity index (χ2n) is 4.63. The molecule has 0 spiro atoms. The Labute approximate surface area is 136 Å². The molecule has 0 aliphatic rings. The Hall–Kier alpha value is -2.18. The van der Waals surface area contributed by atoms with E-state index < -0.39 is 0 Å². The van der Waals surface area contributed by atoms with Crippen molar-refractivity contribution in [1.82, 2.24) is 15.2 Å². The van der Waals surface area contributed by atoms with Crippen LogP contribution in [0.1, 0.15) is 5.56 Å². The van der Waals surface area contributed by atoms with E-state index >= 15 is 0 Å². The first-order valence-corrected chi connectivity index (χ1v) is 7.97. The second-order valence-corrected chi connectivity index (χ2v) is 6.02. The zero-order chi connectivity index (χ0) is 15.4. The van der Waals surface area contributed by atoms with E-state index in [0.717, 1.165) is 21.9 Å². The largest absolute Gasteiger partial charge is 0.354 e. The van der Waals surface area contributed by atoms with Gasteiger partial charge in [0, 0.05) is 11.6 Å². The lowest BCUT2D eigenvalue weighted by Gasteiger charge is -2.05. The molecule has 5 nitrogen and oxygen atoms in total. The maximum Gasteiger partial charge on any atom is 0.279 e. The first-order valence-electron chi connectivity index (χ1n) is 6.71. The van der Waals surface area contributed by atoms with Crippen molar-refractivity contribution in [1.29, 1.82) is 0 Å². The van der Waals surface area contributed by atoms with Crippen LogP contribution in [0.15, 0.2) is 46.6 Å². The minimum atomic E-state index is -0.244. The Balaban J connectivity index is 1.63. The Bertz CT molecular complexity index is 799. The van der Waals surface area contributed by atoms with Crippen molar-refractivity contribution in [2.75, 3.05) is 11.9 Å². The molecule has 112 valence electrons. The third-order valence-corrected chi connectivity index (χ3v) is 4.20. The normalized spacial score (nSPS) is 10.6. The molecule has 0 aliphatic carbocycles. The van der Waals surface area contributed by atoms with Crippen LogP contribution in [0.4, 0.5) is 5.95 Å². The topological polar surface area (TPSA) is 70.7 Å². The molecule has 2 aromatic heterocycles. The number of halogens is 1. The molecule has 0 atom stereocenters. The molecule has 0 saturated heterocycles. The summed E-state index contributed by atoms with van der Waals surface area (Å²) in [4.78, 5) is 15.5. The molecule has 0 saturated carbocycles. The van der Waals surface area contributed by atoms with Gasteiger partial charge < -0.3 is 5.32 Å². The van der Waals surface area contributed by atoms with Crippen molar-refractivity contribution in [2.24, 2.45) is 0 Å². The van der Waals surface area contributed by atoms with Crippen molar-refractivity contribution in [3.05, 3.63) is 62.7 Å². The van der Waals surface area contributed by atoms with Crippen LogP contribution in [-0.4, -0.2) is 21.7 Å². The van der Waals surface area contributed by atoms with Crippen molar-refractivity contribution in [2.45, 2.75) is 6.42 Å². The fraction of sp³-hybridized carbons (Fsp3) is 0.133. The molecule has 0 radical (unpaired) electrons. The molecule has 0 aliphatic heterocycles. The molecule has 1 aromatic carbocycles. The molecule has 22 heavy (non-hydrogen) atoms. The molecule has 3 aromatic rings. The van der Waals surface area contributed by atoms with Gasteiger partial charge in [0.05, 0.1) is 4.88 Å². The van der Waals surface area contributed by atoms with E-state index in [2.05, 4.69) is 20.5 Å². The van der Waals surface area contributed by atoms with Crippen molar-refractivity contribution in [3.8, 4) is 10.6 Å². The number of benzene rings is 1. The van der Waals surface area contributed by atoms with Crippen LogP contribution < -0.4 is 10.9 Å². The zero-order valence-corrected chi connectivity index (χ0v) is 13.1. The number of nitrogens with one attached hydrogen (secondary N) is 2. The maximum atomic E-state index is 12.0. The average molecular weight is 333 g/mol. The van der Waals surface area contributed by atoms with Crippen molar-refractivity contribution >= 4 is 28.9 Å². The second kappa shape index (κ2) is 6.72. The monoisotopic (exact) mass is 332 g/mol. The van der Waals surface area contributed by atoms with Gasteiger partial charge in [-0.1, -0.05) is 29.8 Å². The maximum absolute atomic E-state index is 12.0. The van der Waals surface area contributed by atoms with Gasteiger partial charge in [0.15, 0.2) is 5.69 Å². The zero-order valence-electron chi connectivity index (χ0n) is 11.5. The van der Waals surface area contributed by atoms with E-state index in [-0.39, 0.29) is 5.56 Å². The molecular formula is C15H13ClN4OS. The highest BCUT2D eigenvalue weighted by atomic mass is 35.5. The summed E-state index contributed by atoms with van der Waals surface area (Å²) in [5.41, 5.74) is 1.26. The molecule has 0 unspecified atom stereocenters. The molecule has 3 rings (SSSR count). The number of aromatic amines is 1. The van der Waals surface area contributed by atoms with Crippen LogP contribution in [0.3, 0.4) is 0 Å². The standard InChI is InChI=1S/C15H13ClN4OS/c16-11-5-3-10(4-6-11)7-8-17-15-18-14(21)13(19-20-15)12-2-1-9-22-12/h1-6,9H,7-8H2,(H2,17,18,20,21). The predicted octanol–water partition coefficient (Wildman–Crippen LogP) is 3.20. The highest BCUT2D eigenvalue weighted by molar-refractivity contribution is 7.13. The van der Waals surface area contributed by atoms with Gasteiger partial charge >= 0.3 is 0 Å². The van der Waals surface area contributed by atoms with E-state index in [9.17, 15) is 4.79 Å². The van der Waals surface area contributed by atoms with Crippen LogP contribution in [-0.2, 0) is 6.42 Å². The number of H-pyrrole nitrogens is 1. The lowest BCUT2D eigenvalue weighted by atomic mass is 10.1. The molecule has 2 N–H and O–H groups in total. The number of hydrogen-bond donors (Lipinski definition) is 2. The summed E-state index contributed by atoms with van der Waals surface area (Å²) in [5, 5.41) is 13.7. The Morgan fingerprint density at radius 3 is 2.68 bits per heavy atom. The average Bonchev–Trinajstić information content (AvgIpc) is 3.03. The molecule has 0 fully saturated rings. The third-order valence-electron chi connectivity index (χ3n) is 3.07. The van der Waals surface area contributed by atoms with Crippen LogP contribution >= 0.6 is 22.9 Å². The van der Waals surface area contributed by atoms with Crippen LogP contribution in [0.5, 0.6) is 0 Å². The predicted molar refractivity (Wildman–Crippen MR) is 89.6 cm³/mol. The molecule has 0 amide bonds. The van der Waals surface area contributed by atoms with E-state index in [4.69, 9.17) is 11.6 Å². The third kappa shape index (κ3) is 3.52. The minimum Gasteiger partial charge on any atom is -0.354 e. The van der Waals surface area contributed by atoms with E-state index in [1.165, 1.54) is 11.3 Å². The van der Waals surface area contributed by atoms with Crippen LogP contribution in [0.2, 0.25) is 5.02 Å². The van der Waals surface area contributed by atoms with Crippen molar-refractivity contribution in [3.63, 3.8) is 0 Å². The fourth-order valence-electron chi connectivity index (χ4n) is 1.97. The van der Waals surface area contributed by atoms with Gasteiger partial charge in [-0.3, -0.25) is 9.78 Å². The summed E-state index contributed by atoms with van der Waals surface area (Å²) in [7, 11) is 0. The number of rotatable bonds is 5. The van der Waals surface area contributed by atoms with Gasteiger partial charge in [0.25, 0.3) is 5.56 Å². The summed E-state index contributed by atoms with van der Waals surface area (Å²) in [6, 6.07) is 11.4. The SMILES string of the molecule is O=c1[nH]c(NCCc2ccc(Cl)cc2)nnc1-c1cccs1. The molecule has 7 heteroatoms. The number of hydrogen-bond acceptors (Lipinski definition) is 5. The fourth-order valence-corrected chi connectivity index (χ4v) is 2.80. The van der Waals surface area contributed by atoms with Crippen LogP contribution in [0.25, 0.3) is 10.6 Å². The van der Waals surface area contributed by atoms with Gasteiger partial charge in [-0.15, -0.1) is 21.5 Å². The van der Waals surface area contributed by atoms with Gasteiger partial charge in [-0.2, -0.15) is 0 Å². The first kappa shape index (κ1) is 14.7. The first-order chi connectivity index (χ1) is 10.7. The van der Waals surface area contributed by atoms with E-state index in [1.54, 1.807) is 0 Å². The van der Waals surface area contributed by atoms with Gasteiger partial charge in [0.1, 0.15) is 0 Å². The lowest BCUT2D eigenvalue weighted by Crippen LogP contribution is -2.17. The minimum absolute atomic E-state index is 0.244. The highest BCUT2D eigenvalue weighted by Gasteiger charge is 2.08. The van der Waals surface area contributed by atoms with E-state index in [0.29, 0.717) is 18.2 Å². The lowest BCUT2D eigenvalue weighted by molar-refractivity contribution is 0.917. The number of nitrogens with zero attached hydrogens (tertiary/aromatic N) is 2. The number of aromatic nitrogens is 3. The smallest absolute Gasteiger partial charge is 0.279 e. The Morgan fingerprint density at radius 2 is 2.00 bits per heavy atom. The van der Waals surface area contributed by atoms with Gasteiger partial charge in [-0.05, 0) is 35.6 Å². The number of anilines is 1. The highest BCUT2D eigenvalue weighted by Crippen LogP contribution is 2.18. The summed E-state index contributed by atoms with van der Waals surface area (Å²) in [5.74, 6) is 0.374. The van der Waals surface area contributed by atoms with E-state index in [1.807, 2.05) is 41.8 Å². The Kier molecular flexibility index (Phi) is 4.50. The quantitative estimate of drug-likeness (QED) is 0.752. The summed E-state index contributed by atoms with van der Waals surface area (Å²) in [6.07, 6.45) is 0.799. The van der Waals surface area contributed by atoms with Gasteiger partial charge in [0.2, 0.25) is 5.95 Å². The van der Waals surface area contributed by atoms with Crippen molar-refractivity contribution < 1.29 is 0 Å². The molecule has 0 bridgehead atoms. The Morgan fingerprint density at radius 1 is 1.18 bits per heavy atom. The molecular weight excluding hydrogens is 320 g/mol. The summed E-state index contributed by atoms with van der Waals surface area (Å²) >= 11 is 7.30. The van der Waals surface area contributed by atoms with Gasteiger partial charge in [-0.25, -0.2) is 0 Å². The number of thiophene rings is 1.